The van der Waals surface area contributed by atoms with Crippen LogP contribution in [0, 0.1) is 0 Å². The monoisotopic (exact) mass is 212 g/mol. The van der Waals surface area contributed by atoms with Gasteiger partial charge in [0, 0.05) is 26.1 Å². The molecular formula is C10H20N4O. The van der Waals surface area contributed by atoms with E-state index in [9.17, 15) is 5.11 Å². The Kier molecular flexibility index (Phi) is 3.82. The van der Waals surface area contributed by atoms with Gasteiger partial charge in [-0.15, -0.1) is 10.2 Å². The van der Waals surface area contributed by atoms with E-state index < -0.39 is 5.60 Å². The molecule has 15 heavy (non-hydrogen) atoms. The standard InChI is InChI=1S/C10H20N4O/c1-8(10(2,3)15)11-6-5-9-13-12-7-14(9)4/h7-8,11,15H,5-6H2,1-4H3. The lowest BCUT2D eigenvalue weighted by Crippen LogP contribution is -2.45. The van der Waals surface area contributed by atoms with E-state index >= 15 is 0 Å². The average molecular weight is 212 g/mol. The Labute approximate surface area is 90.5 Å². The molecule has 0 amide bonds. The van der Waals surface area contributed by atoms with Crippen LogP contribution in [0.4, 0.5) is 0 Å². The number of aryl methyl sites for hydroxylation is 1. The van der Waals surface area contributed by atoms with Gasteiger partial charge in [-0.05, 0) is 20.8 Å². The highest BCUT2D eigenvalue weighted by molar-refractivity contribution is 4.86. The van der Waals surface area contributed by atoms with E-state index in [2.05, 4.69) is 15.5 Å². The predicted molar refractivity (Wildman–Crippen MR) is 58.5 cm³/mol. The van der Waals surface area contributed by atoms with Crippen LogP contribution in [0.3, 0.4) is 0 Å². The van der Waals surface area contributed by atoms with Crippen molar-refractivity contribution in [2.24, 2.45) is 7.05 Å². The summed E-state index contributed by atoms with van der Waals surface area (Å²) in [5.74, 6) is 0.949. The van der Waals surface area contributed by atoms with Gasteiger partial charge >= 0.3 is 0 Å². The smallest absolute Gasteiger partial charge is 0.133 e. The van der Waals surface area contributed by atoms with Crippen LogP contribution < -0.4 is 5.32 Å². The molecule has 0 fully saturated rings. The molecule has 0 saturated heterocycles. The maximum atomic E-state index is 9.70. The summed E-state index contributed by atoms with van der Waals surface area (Å²) in [6.45, 7) is 6.36. The van der Waals surface area contributed by atoms with Gasteiger partial charge in [-0.1, -0.05) is 0 Å². The minimum absolute atomic E-state index is 0.0609. The van der Waals surface area contributed by atoms with Crippen LogP contribution in [-0.4, -0.2) is 38.1 Å². The largest absolute Gasteiger partial charge is 0.389 e. The average Bonchev–Trinajstić information content (AvgIpc) is 2.50. The first-order valence-corrected chi connectivity index (χ1v) is 5.20. The number of nitrogens with one attached hydrogen (secondary N) is 1. The second kappa shape index (κ2) is 4.72. The van der Waals surface area contributed by atoms with Gasteiger partial charge in [-0.3, -0.25) is 0 Å². The highest BCUT2D eigenvalue weighted by atomic mass is 16.3. The van der Waals surface area contributed by atoms with Crippen LogP contribution in [0.25, 0.3) is 0 Å². The van der Waals surface area contributed by atoms with Crippen molar-refractivity contribution in [1.82, 2.24) is 20.1 Å². The molecular weight excluding hydrogens is 192 g/mol. The van der Waals surface area contributed by atoms with Crippen molar-refractivity contribution in [2.75, 3.05) is 6.54 Å². The van der Waals surface area contributed by atoms with E-state index in [-0.39, 0.29) is 6.04 Å². The molecule has 0 aliphatic rings. The Balaban J connectivity index is 2.31. The molecule has 0 spiro atoms. The van der Waals surface area contributed by atoms with Gasteiger partial charge in [-0.25, -0.2) is 0 Å². The summed E-state index contributed by atoms with van der Waals surface area (Å²) in [4.78, 5) is 0. The van der Waals surface area contributed by atoms with Crippen LogP contribution in [0.5, 0.6) is 0 Å². The van der Waals surface area contributed by atoms with E-state index in [4.69, 9.17) is 0 Å². The van der Waals surface area contributed by atoms with Crippen LogP contribution in [0.15, 0.2) is 6.33 Å². The zero-order valence-electron chi connectivity index (χ0n) is 9.86. The normalized spacial score (nSPS) is 14.2. The first kappa shape index (κ1) is 12.1. The van der Waals surface area contributed by atoms with Crippen molar-refractivity contribution in [3.63, 3.8) is 0 Å². The molecule has 1 heterocycles. The summed E-state index contributed by atoms with van der Waals surface area (Å²) in [6, 6.07) is 0.0609. The number of nitrogens with zero attached hydrogens (tertiary/aromatic N) is 3. The van der Waals surface area contributed by atoms with Crippen LogP contribution >= 0.6 is 0 Å². The lowest BCUT2D eigenvalue weighted by atomic mass is 10.0. The van der Waals surface area contributed by atoms with Crippen molar-refractivity contribution in [1.29, 1.82) is 0 Å². The molecule has 0 aliphatic heterocycles. The second-order valence-corrected chi connectivity index (χ2v) is 4.44. The molecule has 0 radical (unpaired) electrons. The van der Waals surface area contributed by atoms with Gasteiger partial charge in [0.1, 0.15) is 12.2 Å². The topological polar surface area (TPSA) is 63.0 Å². The molecule has 1 rings (SSSR count). The van der Waals surface area contributed by atoms with E-state index in [1.807, 2.05) is 18.5 Å². The molecule has 1 aromatic rings. The van der Waals surface area contributed by atoms with E-state index in [1.54, 1.807) is 20.2 Å². The van der Waals surface area contributed by atoms with Crippen molar-refractivity contribution in [2.45, 2.75) is 38.8 Å². The third kappa shape index (κ3) is 3.60. The van der Waals surface area contributed by atoms with Crippen molar-refractivity contribution in [3.05, 3.63) is 12.2 Å². The van der Waals surface area contributed by atoms with Gasteiger partial charge in [0.25, 0.3) is 0 Å². The minimum atomic E-state index is -0.695. The van der Waals surface area contributed by atoms with Gasteiger partial charge < -0.3 is 15.0 Å². The van der Waals surface area contributed by atoms with E-state index in [1.165, 1.54) is 0 Å². The lowest BCUT2D eigenvalue weighted by molar-refractivity contribution is 0.0445. The Morgan fingerprint density at radius 1 is 1.60 bits per heavy atom. The summed E-state index contributed by atoms with van der Waals surface area (Å²) in [5, 5.41) is 20.7. The molecule has 0 aromatic carbocycles. The summed E-state index contributed by atoms with van der Waals surface area (Å²) >= 11 is 0. The molecule has 0 aliphatic carbocycles. The molecule has 1 aromatic heterocycles. The molecule has 1 atom stereocenters. The molecule has 5 heteroatoms. The summed E-state index contributed by atoms with van der Waals surface area (Å²) in [5.41, 5.74) is -0.695. The van der Waals surface area contributed by atoms with E-state index in [0.717, 1.165) is 18.8 Å². The van der Waals surface area contributed by atoms with Gasteiger partial charge in [0.05, 0.1) is 5.60 Å². The zero-order chi connectivity index (χ0) is 11.5. The number of hydrogen-bond acceptors (Lipinski definition) is 4. The molecule has 1 unspecified atom stereocenters. The third-order valence-corrected chi connectivity index (χ3v) is 2.66. The quantitative estimate of drug-likeness (QED) is 0.727. The Bertz CT molecular complexity index is 303. The van der Waals surface area contributed by atoms with Crippen molar-refractivity contribution in [3.8, 4) is 0 Å². The second-order valence-electron chi connectivity index (χ2n) is 4.44. The van der Waals surface area contributed by atoms with Gasteiger partial charge in [0.15, 0.2) is 0 Å². The molecule has 5 nitrogen and oxygen atoms in total. The fourth-order valence-electron chi connectivity index (χ4n) is 1.18. The Morgan fingerprint density at radius 3 is 2.73 bits per heavy atom. The van der Waals surface area contributed by atoms with Crippen molar-refractivity contribution >= 4 is 0 Å². The SMILES string of the molecule is CC(NCCc1nncn1C)C(C)(C)O. The number of aromatic nitrogens is 3. The first-order chi connectivity index (χ1) is 6.91. The molecule has 86 valence electrons. The highest BCUT2D eigenvalue weighted by Crippen LogP contribution is 2.07. The Morgan fingerprint density at radius 2 is 2.27 bits per heavy atom. The fourth-order valence-corrected chi connectivity index (χ4v) is 1.18. The van der Waals surface area contributed by atoms with Gasteiger partial charge in [0.2, 0.25) is 0 Å². The lowest BCUT2D eigenvalue weighted by Gasteiger charge is -2.26. The minimum Gasteiger partial charge on any atom is -0.389 e. The molecule has 0 saturated carbocycles. The maximum absolute atomic E-state index is 9.70. The van der Waals surface area contributed by atoms with Crippen molar-refractivity contribution < 1.29 is 5.11 Å². The maximum Gasteiger partial charge on any atom is 0.133 e. The number of rotatable bonds is 5. The van der Waals surface area contributed by atoms with Crippen LogP contribution in [-0.2, 0) is 13.5 Å². The summed E-state index contributed by atoms with van der Waals surface area (Å²) in [7, 11) is 1.93. The van der Waals surface area contributed by atoms with Crippen LogP contribution in [0.1, 0.15) is 26.6 Å². The predicted octanol–water partition coefficient (Wildman–Crippen LogP) is 0.107. The first-order valence-electron chi connectivity index (χ1n) is 5.20. The number of aliphatic hydroxyl groups is 1. The zero-order valence-corrected chi connectivity index (χ0v) is 9.86. The highest BCUT2D eigenvalue weighted by Gasteiger charge is 2.21. The van der Waals surface area contributed by atoms with E-state index in [0.29, 0.717) is 0 Å². The summed E-state index contributed by atoms with van der Waals surface area (Å²) < 4.78 is 1.90. The summed E-state index contributed by atoms with van der Waals surface area (Å²) in [6.07, 6.45) is 2.51. The fraction of sp³-hybridized carbons (Fsp3) is 0.800. The van der Waals surface area contributed by atoms with Gasteiger partial charge in [-0.2, -0.15) is 0 Å². The third-order valence-electron chi connectivity index (χ3n) is 2.66. The van der Waals surface area contributed by atoms with Crippen LogP contribution in [0.2, 0.25) is 0 Å². The number of hydrogen-bond donors (Lipinski definition) is 2. The molecule has 0 bridgehead atoms. The Hall–Kier alpha value is -0.940. The molecule has 2 N–H and O–H groups in total.